The molecule has 1 aromatic heterocycles. The van der Waals surface area contributed by atoms with Crippen LogP contribution in [0.5, 0.6) is 5.75 Å². The molecule has 2 heterocycles. The van der Waals surface area contributed by atoms with Gasteiger partial charge in [0, 0.05) is 24.5 Å². The minimum Gasteiger partial charge on any atom is -0.495 e. The van der Waals surface area contributed by atoms with Crippen molar-refractivity contribution in [3.05, 3.63) is 41.2 Å². The van der Waals surface area contributed by atoms with Crippen LogP contribution in [0.2, 0.25) is 5.02 Å². The molecular weight excluding hydrogens is 342 g/mol. The highest BCUT2D eigenvalue weighted by Gasteiger charge is 2.37. The molecule has 1 amide bonds. The second-order valence-corrected chi connectivity index (χ2v) is 6.73. The number of hydrogen-bond acceptors (Lipinski definition) is 4. The fourth-order valence-electron chi connectivity index (χ4n) is 3.11. The molecule has 25 heavy (non-hydrogen) atoms. The van der Waals surface area contributed by atoms with Crippen molar-refractivity contribution in [2.75, 3.05) is 19.0 Å². The molecule has 2 atom stereocenters. The van der Waals surface area contributed by atoms with Crippen LogP contribution in [-0.4, -0.2) is 29.4 Å². The predicted molar refractivity (Wildman–Crippen MR) is 96.0 cm³/mol. The molecule has 1 fully saturated rings. The number of nitrogens with zero attached hydrogens (tertiary/aromatic N) is 2. The Labute approximate surface area is 152 Å². The lowest BCUT2D eigenvalue weighted by Gasteiger charge is -2.21. The molecule has 6 nitrogen and oxygen atoms in total. The Hall–Kier alpha value is -2.05. The third-order valence-corrected chi connectivity index (χ3v) is 4.62. The molecule has 0 saturated carbocycles. The Balaban J connectivity index is 1.77. The Morgan fingerprint density at radius 1 is 1.44 bits per heavy atom. The van der Waals surface area contributed by atoms with E-state index in [9.17, 15) is 4.79 Å². The van der Waals surface area contributed by atoms with Gasteiger partial charge < -0.3 is 14.8 Å². The topological polar surface area (TPSA) is 65.4 Å². The average Bonchev–Trinajstić information content (AvgIpc) is 3.23. The second kappa shape index (κ2) is 7.45. The Morgan fingerprint density at radius 3 is 2.92 bits per heavy atom. The van der Waals surface area contributed by atoms with Gasteiger partial charge in [-0.15, -0.1) is 0 Å². The van der Waals surface area contributed by atoms with Crippen molar-refractivity contribution < 1.29 is 14.3 Å². The number of benzene rings is 1. The van der Waals surface area contributed by atoms with Crippen LogP contribution in [0.4, 0.5) is 5.69 Å². The minimum atomic E-state index is -0.293. The zero-order valence-electron chi connectivity index (χ0n) is 14.5. The van der Waals surface area contributed by atoms with Gasteiger partial charge >= 0.3 is 0 Å². The highest BCUT2D eigenvalue weighted by molar-refractivity contribution is 6.32. The summed E-state index contributed by atoms with van der Waals surface area (Å²) in [7, 11) is 1.55. The highest BCUT2D eigenvalue weighted by atomic mass is 35.5. The van der Waals surface area contributed by atoms with Gasteiger partial charge in [-0.1, -0.05) is 11.6 Å². The maximum Gasteiger partial charge on any atom is 0.230 e. The van der Waals surface area contributed by atoms with E-state index in [-0.39, 0.29) is 24.0 Å². The summed E-state index contributed by atoms with van der Waals surface area (Å²) in [6, 6.07) is 7.31. The normalized spacial score (nSPS) is 20.0. The van der Waals surface area contributed by atoms with Crippen molar-refractivity contribution in [2.24, 2.45) is 5.92 Å². The van der Waals surface area contributed by atoms with Crippen LogP contribution in [-0.2, 0) is 9.53 Å². The SMILES string of the molecule is COc1ccc(NC(=O)[C@H]2CCO[C@@H]2c2ccnn2C(C)C)cc1Cl. The van der Waals surface area contributed by atoms with Gasteiger partial charge in [0.25, 0.3) is 0 Å². The molecule has 134 valence electrons. The maximum absolute atomic E-state index is 12.8. The Morgan fingerprint density at radius 2 is 2.24 bits per heavy atom. The van der Waals surface area contributed by atoms with Crippen molar-refractivity contribution in [1.82, 2.24) is 9.78 Å². The average molecular weight is 364 g/mol. The third-order valence-electron chi connectivity index (χ3n) is 4.33. The number of hydrogen-bond donors (Lipinski definition) is 1. The van der Waals surface area contributed by atoms with Gasteiger partial charge in [-0.3, -0.25) is 9.48 Å². The van der Waals surface area contributed by atoms with E-state index in [4.69, 9.17) is 21.1 Å². The molecule has 3 rings (SSSR count). The molecule has 0 bridgehead atoms. The van der Waals surface area contributed by atoms with Crippen molar-refractivity contribution in [1.29, 1.82) is 0 Å². The lowest BCUT2D eigenvalue weighted by atomic mass is 9.97. The standard InChI is InChI=1S/C18H22ClN3O3/c1-11(2)22-15(6-8-20-22)17-13(7-9-25-17)18(23)21-12-4-5-16(24-3)14(19)10-12/h4-6,8,10-11,13,17H,7,9H2,1-3H3,(H,21,23)/t13-,17-/m0/s1. The predicted octanol–water partition coefficient (Wildman–Crippen LogP) is 3.84. The molecule has 0 unspecified atom stereocenters. The summed E-state index contributed by atoms with van der Waals surface area (Å²) in [6.07, 6.45) is 2.12. The van der Waals surface area contributed by atoms with Crippen molar-refractivity contribution >= 4 is 23.2 Å². The lowest BCUT2D eigenvalue weighted by molar-refractivity contribution is -0.121. The summed E-state index contributed by atoms with van der Waals surface area (Å²) < 4.78 is 12.9. The molecule has 1 saturated heterocycles. The second-order valence-electron chi connectivity index (χ2n) is 6.32. The fraction of sp³-hybridized carbons (Fsp3) is 0.444. The number of rotatable bonds is 5. The van der Waals surface area contributed by atoms with Crippen LogP contribution in [0.25, 0.3) is 0 Å². The molecule has 7 heteroatoms. The third kappa shape index (κ3) is 3.65. The van der Waals surface area contributed by atoms with E-state index >= 15 is 0 Å². The van der Waals surface area contributed by atoms with E-state index < -0.39 is 0 Å². The van der Waals surface area contributed by atoms with E-state index in [2.05, 4.69) is 24.3 Å². The number of amides is 1. The highest BCUT2D eigenvalue weighted by Crippen LogP contribution is 2.36. The van der Waals surface area contributed by atoms with E-state index in [0.717, 1.165) is 5.69 Å². The number of ether oxygens (including phenoxy) is 2. The number of aromatic nitrogens is 2. The Kier molecular flexibility index (Phi) is 5.30. The van der Waals surface area contributed by atoms with Gasteiger partial charge in [-0.25, -0.2) is 0 Å². The smallest absolute Gasteiger partial charge is 0.230 e. The molecule has 1 aromatic carbocycles. The van der Waals surface area contributed by atoms with E-state index in [0.29, 0.717) is 29.5 Å². The number of anilines is 1. The quantitative estimate of drug-likeness (QED) is 0.876. The molecule has 1 N–H and O–H groups in total. The fourth-order valence-corrected chi connectivity index (χ4v) is 3.37. The first-order valence-electron chi connectivity index (χ1n) is 8.30. The largest absolute Gasteiger partial charge is 0.495 e. The number of carbonyl (C=O) groups excluding carboxylic acids is 1. The van der Waals surface area contributed by atoms with Crippen LogP contribution in [0.1, 0.15) is 38.1 Å². The van der Waals surface area contributed by atoms with Gasteiger partial charge in [0.05, 0.1) is 23.7 Å². The van der Waals surface area contributed by atoms with Crippen LogP contribution in [0.3, 0.4) is 0 Å². The first-order chi connectivity index (χ1) is 12.0. The monoisotopic (exact) mass is 363 g/mol. The zero-order valence-corrected chi connectivity index (χ0v) is 15.3. The Bertz CT molecular complexity index is 760. The lowest BCUT2D eigenvalue weighted by Crippen LogP contribution is -2.27. The molecular formula is C18H22ClN3O3. The molecule has 0 spiro atoms. The summed E-state index contributed by atoms with van der Waals surface area (Å²) in [4.78, 5) is 12.8. The van der Waals surface area contributed by atoms with Gasteiger partial charge in [-0.2, -0.15) is 5.10 Å². The zero-order chi connectivity index (χ0) is 18.0. The van der Waals surface area contributed by atoms with E-state index in [1.54, 1.807) is 31.5 Å². The summed E-state index contributed by atoms with van der Waals surface area (Å²) in [5, 5.41) is 7.73. The summed E-state index contributed by atoms with van der Waals surface area (Å²) in [5.41, 5.74) is 1.57. The van der Waals surface area contributed by atoms with E-state index in [1.165, 1.54) is 0 Å². The van der Waals surface area contributed by atoms with Crippen molar-refractivity contribution in [2.45, 2.75) is 32.4 Å². The van der Waals surface area contributed by atoms with Crippen molar-refractivity contribution in [3.8, 4) is 5.75 Å². The molecule has 1 aliphatic rings. The van der Waals surface area contributed by atoms with Crippen LogP contribution >= 0.6 is 11.6 Å². The summed E-state index contributed by atoms with van der Waals surface area (Å²) in [6.45, 7) is 4.66. The first kappa shape index (κ1) is 17.8. The summed E-state index contributed by atoms with van der Waals surface area (Å²) >= 11 is 6.13. The first-order valence-corrected chi connectivity index (χ1v) is 8.68. The minimum absolute atomic E-state index is 0.0831. The van der Waals surface area contributed by atoms with Crippen LogP contribution < -0.4 is 10.1 Å². The maximum atomic E-state index is 12.8. The van der Waals surface area contributed by atoms with E-state index in [1.807, 2.05) is 10.7 Å². The van der Waals surface area contributed by atoms with Gasteiger partial charge in [0.1, 0.15) is 11.9 Å². The molecule has 0 aliphatic carbocycles. The number of nitrogens with one attached hydrogen (secondary N) is 1. The van der Waals surface area contributed by atoms with Gasteiger partial charge in [-0.05, 0) is 44.5 Å². The number of halogens is 1. The number of methoxy groups -OCH3 is 1. The summed E-state index contributed by atoms with van der Waals surface area (Å²) in [5.74, 6) is 0.220. The van der Waals surface area contributed by atoms with Crippen LogP contribution in [0.15, 0.2) is 30.5 Å². The van der Waals surface area contributed by atoms with Gasteiger partial charge in [0.2, 0.25) is 5.91 Å². The molecule has 0 radical (unpaired) electrons. The van der Waals surface area contributed by atoms with Crippen molar-refractivity contribution in [3.63, 3.8) is 0 Å². The van der Waals surface area contributed by atoms with Crippen LogP contribution in [0, 0.1) is 5.92 Å². The number of carbonyl (C=O) groups is 1. The molecule has 2 aromatic rings. The molecule has 1 aliphatic heterocycles. The van der Waals surface area contributed by atoms with Gasteiger partial charge in [0.15, 0.2) is 0 Å².